The zero-order chi connectivity index (χ0) is 12.0. The van der Waals surface area contributed by atoms with Crippen LogP contribution in [0.1, 0.15) is 5.56 Å². The fraction of sp³-hybridized carbons (Fsp3) is 0.0769. The van der Waals surface area contributed by atoms with E-state index in [4.69, 9.17) is 0 Å². The molecule has 0 nitrogen and oxygen atoms in total. The molecule has 0 amide bonds. The molecule has 1 heterocycles. The van der Waals surface area contributed by atoms with E-state index >= 15 is 0 Å². The molecule has 3 aromatic rings. The number of fused-ring (bicyclic) bond motifs is 3. The van der Waals surface area contributed by atoms with Crippen LogP contribution < -0.4 is 0 Å². The molecule has 1 aromatic heterocycles. The summed E-state index contributed by atoms with van der Waals surface area (Å²) in [5.41, 5.74) is -0.559. The van der Waals surface area contributed by atoms with Gasteiger partial charge in [0.05, 0.1) is 5.56 Å². The van der Waals surface area contributed by atoms with E-state index in [1.165, 1.54) is 6.07 Å². The monoisotopic (exact) mass is 259 g/mol. The number of hydrogen-bond acceptors (Lipinski definition) is 0. The zero-order valence-corrected chi connectivity index (χ0v) is 10.7. The third-order valence-electron chi connectivity index (χ3n) is 2.83. The van der Waals surface area contributed by atoms with Crippen molar-refractivity contribution in [3.05, 3.63) is 48.0 Å². The second-order valence-electron chi connectivity index (χ2n) is 3.93. The molecule has 5 heteroatoms. The van der Waals surface area contributed by atoms with Crippen molar-refractivity contribution in [2.75, 3.05) is 0 Å². The van der Waals surface area contributed by atoms with Crippen molar-refractivity contribution < 1.29 is 13.2 Å². The normalized spacial score (nSPS) is 12.2. The average Bonchev–Trinajstić information content (AvgIpc) is 2.65. The summed E-state index contributed by atoms with van der Waals surface area (Å²) in [6, 6.07) is 11.8. The van der Waals surface area contributed by atoms with E-state index in [1.54, 1.807) is 6.07 Å². The van der Waals surface area contributed by atoms with Gasteiger partial charge < -0.3 is 0 Å². The van der Waals surface area contributed by atoms with E-state index < -0.39 is 11.7 Å². The Morgan fingerprint density at radius 2 is 1.50 bits per heavy atom. The van der Waals surface area contributed by atoms with Crippen LogP contribution in [-0.4, -0.2) is 18.9 Å². The minimum Gasteiger partial charge on any atom is -0.166 e. The second kappa shape index (κ2) is 4.66. The van der Waals surface area contributed by atoms with Crippen LogP contribution >= 0.6 is 8.19 Å². The molecular weight excluding hydrogens is 251 g/mol. The minimum atomic E-state index is -4.26. The van der Waals surface area contributed by atoms with Gasteiger partial charge in [-0.15, -0.1) is 8.19 Å². The Balaban J connectivity index is 0.00000120. The summed E-state index contributed by atoms with van der Waals surface area (Å²) in [4.78, 5) is 0. The van der Waals surface area contributed by atoms with Gasteiger partial charge in [0.25, 0.3) is 0 Å². The molecule has 87 valence electrons. The average molecular weight is 259 g/mol. The standard InChI is InChI=1S/C13H8F3P.Li/c14-13(15,16)8-5-6-10-9-3-1-2-4-11(9)17-12(10)7-8;/h1-7,17H;. The Kier molecular flexibility index (Phi) is 3.51. The molecule has 3 rings (SSSR count). The first-order valence-electron chi connectivity index (χ1n) is 5.13. The summed E-state index contributed by atoms with van der Waals surface area (Å²) < 4.78 is 37.8. The van der Waals surface area contributed by atoms with E-state index in [-0.39, 0.29) is 18.9 Å². The van der Waals surface area contributed by atoms with Crippen LogP contribution in [0.2, 0.25) is 0 Å². The van der Waals surface area contributed by atoms with Crippen molar-refractivity contribution >= 4 is 48.1 Å². The van der Waals surface area contributed by atoms with Gasteiger partial charge in [-0.25, -0.2) is 0 Å². The fourth-order valence-electron chi connectivity index (χ4n) is 2.03. The van der Waals surface area contributed by atoms with E-state index in [0.717, 1.165) is 27.1 Å². The van der Waals surface area contributed by atoms with Gasteiger partial charge in [-0.3, -0.25) is 0 Å². The quantitative estimate of drug-likeness (QED) is 0.515. The third-order valence-corrected chi connectivity index (χ3v) is 4.22. The van der Waals surface area contributed by atoms with Crippen LogP contribution in [0.5, 0.6) is 0 Å². The molecule has 0 saturated heterocycles. The summed E-state index contributed by atoms with van der Waals surface area (Å²) in [5, 5.41) is 3.92. The maximum atomic E-state index is 12.6. The Morgan fingerprint density at radius 1 is 0.833 bits per heavy atom. The Morgan fingerprint density at radius 3 is 2.22 bits per heavy atom. The van der Waals surface area contributed by atoms with Crippen molar-refractivity contribution in [2.45, 2.75) is 6.18 Å². The van der Waals surface area contributed by atoms with Crippen LogP contribution in [0.25, 0.3) is 21.0 Å². The molecule has 0 N–H and O–H groups in total. The molecule has 0 aliphatic rings. The van der Waals surface area contributed by atoms with Gasteiger partial charge in [0, 0.05) is 18.9 Å². The Hall–Kier alpha value is -0.873. The molecule has 0 aliphatic carbocycles. The molecule has 0 aliphatic heterocycles. The number of benzene rings is 2. The van der Waals surface area contributed by atoms with Gasteiger partial charge in [0.15, 0.2) is 0 Å². The van der Waals surface area contributed by atoms with Gasteiger partial charge in [-0.1, -0.05) is 30.3 Å². The summed E-state index contributed by atoms with van der Waals surface area (Å²) in [5.74, 6) is 0. The first-order chi connectivity index (χ1) is 8.05. The summed E-state index contributed by atoms with van der Waals surface area (Å²) in [6.07, 6.45) is -4.26. The third kappa shape index (κ3) is 2.19. The van der Waals surface area contributed by atoms with Gasteiger partial charge >= 0.3 is 6.18 Å². The summed E-state index contributed by atoms with van der Waals surface area (Å²) in [7, 11) is 0.326. The number of rotatable bonds is 0. The van der Waals surface area contributed by atoms with Crippen LogP contribution in [0, 0.1) is 0 Å². The maximum absolute atomic E-state index is 12.6. The molecule has 1 radical (unpaired) electrons. The Labute approximate surface area is 115 Å². The van der Waals surface area contributed by atoms with Crippen molar-refractivity contribution in [3.63, 3.8) is 0 Å². The largest absolute Gasteiger partial charge is 0.416 e. The molecule has 0 fully saturated rings. The predicted octanol–water partition coefficient (Wildman–Crippen LogP) is 4.66. The fourth-order valence-corrected chi connectivity index (χ4v) is 3.43. The van der Waals surface area contributed by atoms with Crippen LogP contribution in [0.3, 0.4) is 0 Å². The first kappa shape index (κ1) is 13.6. The van der Waals surface area contributed by atoms with Gasteiger partial charge in [-0.2, -0.15) is 13.2 Å². The van der Waals surface area contributed by atoms with Crippen molar-refractivity contribution in [1.29, 1.82) is 0 Å². The van der Waals surface area contributed by atoms with Crippen molar-refractivity contribution in [2.24, 2.45) is 0 Å². The van der Waals surface area contributed by atoms with Crippen LogP contribution in [0.4, 0.5) is 13.2 Å². The number of hydrogen-bond donors (Lipinski definition) is 0. The van der Waals surface area contributed by atoms with E-state index in [9.17, 15) is 13.2 Å². The van der Waals surface area contributed by atoms with E-state index in [1.807, 2.05) is 24.3 Å². The second-order valence-corrected chi connectivity index (χ2v) is 5.26. The predicted molar refractivity (Wildman–Crippen MR) is 71.7 cm³/mol. The number of alkyl halides is 3. The SMILES string of the molecule is FC(F)(F)c1ccc2c(c1)[pH]c1ccccc12.[Li]. The number of halogens is 3. The van der Waals surface area contributed by atoms with Crippen molar-refractivity contribution in [1.82, 2.24) is 0 Å². The molecule has 0 saturated carbocycles. The van der Waals surface area contributed by atoms with Crippen molar-refractivity contribution in [3.8, 4) is 0 Å². The molecule has 18 heavy (non-hydrogen) atoms. The van der Waals surface area contributed by atoms with E-state index in [2.05, 4.69) is 0 Å². The zero-order valence-electron chi connectivity index (χ0n) is 9.68. The smallest absolute Gasteiger partial charge is 0.166 e. The Bertz CT molecular complexity index is 700. The van der Waals surface area contributed by atoms with Gasteiger partial charge in [-0.05, 0) is 33.1 Å². The molecule has 1 atom stereocenters. The summed E-state index contributed by atoms with van der Waals surface area (Å²) in [6.45, 7) is 0. The van der Waals surface area contributed by atoms with Crippen LogP contribution in [-0.2, 0) is 6.18 Å². The molecule has 2 aromatic carbocycles. The first-order valence-corrected chi connectivity index (χ1v) is 6.13. The van der Waals surface area contributed by atoms with E-state index in [0.29, 0.717) is 8.19 Å². The van der Waals surface area contributed by atoms with Gasteiger partial charge in [0.2, 0.25) is 0 Å². The van der Waals surface area contributed by atoms with Gasteiger partial charge in [0.1, 0.15) is 0 Å². The molecule has 0 spiro atoms. The minimum absolute atomic E-state index is 0. The molecule has 0 bridgehead atoms. The summed E-state index contributed by atoms with van der Waals surface area (Å²) >= 11 is 0. The maximum Gasteiger partial charge on any atom is 0.416 e. The topological polar surface area (TPSA) is 0 Å². The molecule has 1 unspecified atom stereocenters. The molecular formula is C13H8F3LiP. The van der Waals surface area contributed by atoms with Crippen LogP contribution in [0.15, 0.2) is 42.5 Å².